The molecule has 2 fully saturated rings. The van der Waals surface area contributed by atoms with E-state index in [1.807, 2.05) is 0 Å². The summed E-state index contributed by atoms with van der Waals surface area (Å²) in [6.07, 6.45) is -0.740. The molecule has 0 aromatic heterocycles. The van der Waals surface area contributed by atoms with Crippen molar-refractivity contribution >= 4 is 27.7 Å². The number of hydrogen-bond acceptors (Lipinski definition) is 5. The molecule has 1 N–H and O–H groups in total. The second kappa shape index (κ2) is 7.43. The number of carbonyl (C=O) groups is 2. The predicted octanol–water partition coefficient (Wildman–Crippen LogP) is 1.04. The summed E-state index contributed by atoms with van der Waals surface area (Å²) in [4.78, 5) is 24.3. The molecule has 10 heteroatoms. The second-order valence-electron chi connectivity index (χ2n) is 6.84. The lowest BCUT2D eigenvalue weighted by Crippen LogP contribution is -2.38. The minimum Gasteiger partial charge on any atom is -0.442 e. The lowest BCUT2D eigenvalue weighted by atomic mass is 9.95. The number of nitrogens with zero attached hydrogens (tertiary/aromatic N) is 2. The van der Waals surface area contributed by atoms with Crippen molar-refractivity contribution in [2.24, 2.45) is 0 Å². The molecule has 8 nitrogen and oxygen atoms in total. The highest BCUT2D eigenvalue weighted by atomic mass is 32.2. The number of benzene rings is 1. The third-order valence-electron chi connectivity index (χ3n) is 4.86. The summed E-state index contributed by atoms with van der Waals surface area (Å²) in [6, 6.07) is 4.49. The van der Waals surface area contributed by atoms with Crippen LogP contribution in [0.3, 0.4) is 0 Å². The fraction of sp³-hybridized carbons (Fsp3) is 0.529. The first-order chi connectivity index (χ1) is 12.7. The van der Waals surface area contributed by atoms with E-state index < -0.39 is 28.0 Å². The Hall–Kier alpha value is -2.20. The number of cyclic esters (lactones) is 1. The van der Waals surface area contributed by atoms with Crippen LogP contribution in [0.25, 0.3) is 0 Å². The lowest BCUT2D eigenvalue weighted by Gasteiger charge is -2.30. The molecule has 0 saturated carbocycles. The summed E-state index contributed by atoms with van der Waals surface area (Å²) >= 11 is 0. The van der Waals surface area contributed by atoms with Gasteiger partial charge in [-0.25, -0.2) is 21.9 Å². The van der Waals surface area contributed by atoms with Gasteiger partial charge in [-0.15, -0.1) is 0 Å². The molecule has 0 radical (unpaired) electrons. The number of ether oxygens (including phenoxy) is 1. The molecule has 2 unspecified atom stereocenters. The van der Waals surface area contributed by atoms with Gasteiger partial charge in [0.25, 0.3) is 0 Å². The highest BCUT2D eigenvalue weighted by molar-refractivity contribution is 7.89. The highest BCUT2D eigenvalue weighted by Gasteiger charge is 2.34. The van der Waals surface area contributed by atoms with Crippen LogP contribution in [-0.4, -0.2) is 63.3 Å². The largest absolute Gasteiger partial charge is 0.442 e. The van der Waals surface area contributed by atoms with Gasteiger partial charge in [-0.2, -0.15) is 0 Å². The smallest absolute Gasteiger partial charge is 0.414 e. The minimum atomic E-state index is -3.25. The van der Waals surface area contributed by atoms with Crippen LogP contribution in [0, 0.1) is 5.82 Å². The third-order valence-corrected chi connectivity index (χ3v) is 6.72. The van der Waals surface area contributed by atoms with E-state index in [0.29, 0.717) is 17.7 Å². The van der Waals surface area contributed by atoms with E-state index in [4.69, 9.17) is 4.74 Å². The summed E-state index contributed by atoms with van der Waals surface area (Å²) in [7, 11) is -1.76. The Kier molecular flexibility index (Phi) is 5.38. The summed E-state index contributed by atoms with van der Waals surface area (Å²) < 4.78 is 44.7. The van der Waals surface area contributed by atoms with E-state index in [9.17, 15) is 22.4 Å². The molecule has 2 amide bonds. The minimum absolute atomic E-state index is 0.0152. The van der Waals surface area contributed by atoms with Crippen LogP contribution in [0.2, 0.25) is 0 Å². The molecular weight excluding hydrogens is 377 g/mol. The van der Waals surface area contributed by atoms with Crippen molar-refractivity contribution in [3.63, 3.8) is 0 Å². The van der Waals surface area contributed by atoms with Gasteiger partial charge >= 0.3 is 6.09 Å². The Morgan fingerprint density at radius 2 is 2.11 bits per heavy atom. The quantitative estimate of drug-likeness (QED) is 0.816. The summed E-state index contributed by atoms with van der Waals surface area (Å²) in [6.45, 7) is 2.00. The zero-order valence-electron chi connectivity index (χ0n) is 15.1. The number of amides is 2. The van der Waals surface area contributed by atoms with Crippen LogP contribution >= 0.6 is 0 Å². The number of rotatable bonds is 4. The molecule has 2 aliphatic rings. The molecule has 2 saturated heterocycles. The topological polar surface area (TPSA) is 96.0 Å². The first kappa shape index (κ1) is 19.6. The zero-order valence-corrected chi connectivity index (χ0v) is 16.0. The van der Waals surface area contributed by atoms with Crippen molar-refractivity contribution in [1.82, 2.24) is 9.62 Å². The maximum Gasteiger partial charge on any atom is 0.414 e. The summed E-state index contributed by atoms with van der Waals surface area (Å²) in [5.74, 6) is -0.952. The van der Waals surface area contributed by atoms with Crippen molar-refractivity contribution in [3.05, 3.63) is 29.6 Å². The van der Waals surface area contributed by atoms with Crippen molar-refractivity contribution < 1.29 is 27.1 Å². The van der Waals surface area contributed by atoms with Gasteiger partial charge in [0.2, 0.25) is 15.9 Å². The maximum atomic E-state index is 14.7. The standard InChI is InChI=1S/C17H22FN3O5S/c1-11(22)19-8-14-10-21(17(23)26-14)13-3-4-15(16(18)7-13)12-5-6-27(24,25)20(2)9-12/h3-4,7,12,14H,5-6,8-10H2,1-2H3,(H,19,22). The maximum absolute atomic E-state index is 14.7. The normalized spacial score (nSPS) is 25.3. The molecule has 27 heavy (non-hydrogen) atoms. The molecular formula is C17H22FN3O5S. The number of nitrogens with one attached hydrogen (secondary N) is 1. The van der Waals surface area contributed by atoms with Crippen LogP contribution in [0.4, 0.5) is 14.9 Å². The highest BCUT2D eigenvalue weighted by Crippen LogP contribution is 2.32. The average molecular weight is 399 g/mol. The molecule has 0 bridgehead atoms. The monoisotopic (exact) mass is 399 g/mol. The average Bonchev–Trinajstić information content (AvgIpc) is 2.96. The molecule has 2 heterocycles. The van der Waals surface area contributed by atoms with E-state index in [0.717, 1.165) is 0 Å². The number of sulfonamides is 1. The Balaban J connectivity index is 1.72. The Bertz CT molecular complexity index is 860. The van der Waals surface area contributed by atoms with Crippen LogP contribution in [0.1, 0.15) is 24.8 Å². The van der Waals surface area contributed by atoms with Gasteiger partial charge in [-0.1, -0.05) is 6.07 Å². The summed E-state index contributed by atoms with van der Waals surface area (Å²) in [5, 5.41) is 2.58. The molecule has 1 aromatic carbocycles. The van der Waals surface area contributed by atoms with Crippen LogP contribution in [0.15, 0.2) is 18.2 Å². The van der Waals surface area contributed by atoms with Gasteiger partial charge in [-0.3, -0.25) is 9.69 Å². The van der Waals surface area contributed by atoms with Crippen molar-refractivity contribution in [2.45, 2.75) is 25.4 Å². The number of anilines is 1. The Morgan fingerprint density at radius 3 is 2.74 bits per heavy atom. The van der Waals surface area contributed by atoms with E-state index >= 15 is 0 Å². The van der Waals surface area contributed by atoms with Gasteiger partial charge in [0.1, 0.15) is 11.9 Å². The fourth-order valence-electron chi connectivity index (χ4n) is 3.33. The number of likely N-dealkylation sites (N-methyl/N-ethyl adjacent to an activating group) is 1. The van der Waals surface area contributed by atoms with E-state index in [-0.39, 0.29) is 37.2 Å². The van der Waals surface area contributed by atoms with Gasteiger partial charge in [0.15, 0.2) is 0 Å². The van der Waals surface area contributed by atoms with Gasteiger partial charge in [0, 0.05) is 26.4 Å². The van der Waals surface area contributed by atoms with Gasteiger partial charge in [0.05, 0.1) is 24.5 Å². The van der Waals surface area contributed by atoms with E-state index in [1.54, 1.807) is 12.1 Å². The van der Waals surface area contributed by atoms with E-state index in [2.05, 4.69) is 5.32 Å². The molecule has 0 aliphatic carbocycles. The van der Waals surface area contributed by atoms with Crippen molar-refractivity contribution in [1.29, 1.82) is 0 Å². The second-order valence-corrected chi connectivity index (χ2v) is 9.04. The Labute approximate surface area is 157 Å². The fourth-order valence-corrected chi connectivity index (χ4v) is 4.63. The molecule has 2 aliphatic heterocycles. The first-order valence-corrected chi connectivity index (χ1v) is 10.2. The third kappa shape index (κ3) is 4.22. The van der Waals surface area contributed by atoms with Crippen molar-refractivity contribution in [2.75, 3.05) is 37.3 Å². The molecule has 1 aromatic rings. The SMILES string of the molecule is CC(=O)NCC1CN(c2ccc(C3CCS(=O)(=O)N(C)C3)c(F)c2)C(=O)O1. The van der Waals surface area contributed by atoms with Crippen molar-refractivity contribution in [3.8, 4) is 0 Å². The number of carbonyl (C=O) groups excluding carboxylic acids is 2. The molecule has 148 valence electrons. The predicted molar refractivity (Wildman–Crippen MR) is 96.5 cm³/mol. The van der Waals surface area contributed by atoms with Gasteiger partial charge in [-0.05, 0) is 24.1 Å². The molecule has 0 spiro atoms. The summed E-state index contributed by atoms with van der Waals surface area (Å²) in [5.41, 5.74) is 0.797. The zero-order chi connectivity index (χ0) is 19.8. The van der Waals surface area contributed by atoms with Crippen LogP contribution < -0.4 is 10.2 Å². The van der Waals surface area contributed by atoms with Crippen LogP contribution in [-0.2, 0) is 19.6 Å². The molecule has 2 atom stereocenters. The number of hydrogen-bond donors (Lipinski definition) is 1. The number of halogens is 1. The molecule has 3 rings (SSSR count). The van der Waals surface area contributed by atoms with Crippen LogP contribution in [0.5, 0.6) is 0 Å². The Morgan fingerprint density at radius 1 is 1.37 bits per heavy atom. The van der Waals surface area contributed by atoms with E-state index in [1.165, 1.54) is 29.2 Å². The lowest BCUT2D eigenvalue weighted by molar-refractivity contribution is -0.119. The van der Waals surface area contributed by atoms with Gasteiger partial charge < -0.3 is 10.1 Å². The first-order valence-electron chi connectivity index (χ1n) is 8.63.